The molecule has 0 fully saturated rings. The molecule has 0 aliphatic carbocycles. The molecule has 0 spiro atoms. The van der Waals surface area contributed by atoms with E-state index in [0.717, 1.165) is 17.3 Å². The Kier molecular flexibility index (Phi) is 3.20. The summed E-state index contributed by atoms with van der Waals surface area (Å²) < 4.78 is 5.67. The predicted octanol–water partition coefficient (Wildman–Crippen LogP) is 3.50. The maximum absolute atomic E-state index is 12.6. The summed E-state index contributed by atoms with van der Waals surface area (Å²) in [5, 5.41) is -0.304. The molecule has 23 heavy (non-hydrogen) atoms. The van der Waals surface area contributed by atoms with Gasteiger partial charge < -0.3 is 4.42 Å². The molecule has 1 aliphatic rings. The molecule has 4 rings (SSSR count). The summed E-state index contributed by atoms with van der Waals surface area (Å²) in [6, 6.07) is 14.5. The molecule has 1 aromatic heterocycles. The van der Waals surface area contributed by atoms with E-state index in [1.54, 1.807) is 18.2 Å². The molecule has 1 amide bonds. The van der Waals surface area contributed by atoms with E-state index in [4.69, 9.17) is 4.42 Å². The number of nitrogens with zero attached hydrogens (tertiary/aromatic N) is 2. The van der Waals surface area contributed by atoms with E-state index in [0.29, 0.717) is 22.1 Å². The van der Waals surface area contributed by atoms with Crippen molar-refractivity contribution < 1.29 is 14.0 Å². The summed E-state index contributed by atoms with van der Waals surface area (Å²) >= 11 is 1.16. The highest BCUT2D eigenvalue weighted by atomic mass is 32.2. The highest BCUT2D eigenvalue weighted by molar-refractivity contribution is 8.00. The summed E-state index contributed by atoms with van der Waals surface area (Å²) in [6.45, 7) is 1.45. The Morgan fingerprint density at radius 1 is 1.17 bits per heavy atom. The third-order valence-corrected chi connectivity index (χ3v) is 4.74. The van der Waals surface area contributed by atoms with Crippen molar-refractivity contribution in [1.29, 1.82) is 0 Å². The maximum Gasteiger partial charge on any atom is 0.259 e. The first-order valence-electron chi connectivity index (χ1n) is 7.10. The zero-order chi connectivity index (χ0) is 16.0. The topological polar surface area (TPSA) is 63.4 Å². The number of anilines is 1. The number of fused-ring (bicyclic) bond motifs is 2. The molecule has 0 saturated heterocycles. The normalized spacial score (nSPS) is 16.8. The minimum absolute atomic E-state index is 0.108. The Hall–Kier alpha value is -2.60. The van der Waals surface area contributed by atoms with E-state index in [1.807, 2.05) is 30.3 Å². The van der Waals surface area contributed by atoms with Crippen molar-refractivity contribution in [2.75, 3.05) is 4.90 Å². The maximum atomic E-state index is 12.6. The van der Waals surface area contributed by atoms with Crippen LogP contribution in [-0.4, -0.2) is 22.0 Å². The number of para-hydroxylation sites is 3. The Morgan fingerprint density at radius 2 is 1.91 bits per heavy atom. The van der Waals surface area contributed by atoms with Gasteiger partial charge in [-0.1, -0.05) is 24.3 Å². The monoisotopic (exact) mass is 324 g/mol. The lowest BCUT2D eigenvalue weighted by molar-refractivity contribution is -0.116. The number of Topliss-reactive ketones (excluding diaryl/α,β-unsaturated/α-hetero) is 1. The lowest BCUT2D eigenvalue weighted by Gasteiger charge is -2.20. The molecule has 1 unspecified atom stereocenters. The van der Waals surface area contributed by atoms with Gasteiger partial charge in [-0.25, -0.2) is 4.98 Å². The van der Waals surface area contributed by atoms with E-state index in [9.17, 15) is 9.59 Å². The van der Waals surface area contributed by atoms with E-state index < -0.39 is 5.37 Å². The summed E-state index contributed by atoms with van der Waals surface area (Å²) in [6.07, 6.45) is 0. The fraction of sp³-hybridized carbons (Fsp3) is 0.118. The highest BCUT2D eigenvalue weighted by Gasteiger charge is 2.40. The van der Waals surface area contributed by atoms with Crippen molar-refractivity contribution >= 4 is 40.2 Å². The van der Waals surface area contributed by atoms with Crippen LogP contribution in [0.3, 0.4) is 0 Å². The van der Waals surface area contributed by atoms with Crippen molar-refractivity contribution in [3.63, 3.8) is 0 Å². The molecule has 6 heteroatoms. The molecule has 1 aliphatic heterocycles. The van der Waals surface area contributed by atoms with Gasteiger partial charge in [0, 0.05) is 12.5 Å². The van der Waals surface area contributed by atoms with Gasteiger partial charge in [-0.15, -0.1) is 0 Å². The molecule has 0 radical (unpaired) electrons. The standard InChI is InChI=1S/C17H12N2O3S/c1-10(20)19-13-8-4-2-6-11(13)15(21)16(19)23-17-18-12-7-3-5-9-14(12)22-17/h2-9,16H,1H3. The van der Waals surface area contributed by atoms with Crippen molar-refractivity contribution in [2.45, 2.75) is 17.5 Å². The van der Waals surface area contributed by atoms with Crippen molar-refractivity contribution in [3.8, 4) is 0 Å². The molecular weight excluding hydrogens is 312 g/mol. The quantitative estimate of drug-likeness (QED) is 0.722. The van der Waals surface area contributed by atoms with Gasteiger partial charge in [-0.3, -0.25) is 14.5 Å². The van der Waals surface area contributed by atoms with Gasteiger partial charge in [0.15, 0.2) is 16.7 Å². The Morgan fingerprint density at radius 3 is 2.70 bits per heavy atom. The number of rotatable bonds is 2. The summed E-state index contributed by atoms with van der Waals surface area (Å²) in [7, 11) is 0. The van der Waals surface area contributed by atoms with Gasteiger partial charge in [0.05, 0.1) is 5.69 Å². The van der Waals surface area contributed by atoms with Gasteiger partial charge in [-0.2, -0.15) is 0 Å². The van der Waals surface area contributed by atoms with Crippen molar-refractivity contribution in [3.05, 3.63) is 54.1 Å². The van der Waals surface area contributed by atoms with Crippen LogP contribution in [-0.2, 0) is 4.79 Å². The van der Waals surface area contributed by atoms with Crippen LogP contribution in [0.2, 0.25) is 0 Å². The zero-order valence-electron chi connectivity index (χ0n) is 12.2. The minimum Gasteiger partial charge on any atom is -0.431 e. The van der Waals surface area contributed by atoms with E-state index in [-0.39, 0.29) is 11.7 Å². The summed E-state index contributed by atoms with van der Waals surface area (Å²) in [5.74, 6) is -0.292. The first kappa shape index (κ1) is 14.0. The Balaban J connectivity index is 1.73. The summed E-state index contributed by atoms with van der Waals surface area (Å²) in [5.41, 5.74) is 2.58. The number of carbonyl (C=O) groups excluding carboxylic acids is 2. The van der Waals surface area contributed by atoms with Crippen LogP contribution < -0.4 is 4.90 Å². The van der Waals surface area contributed by atoms with Gasteiger partial charge in [0.2, 0.25) is 5.91 Å². The largest absolute Gasteiger partial charge is 0.431 e. The average molecular weight is 324 g/mol. The minimum atomic E-state index is -0.682. The fourth-order valence-electron chi connectivity index (χ4n) is 2.71. The van der Waals surface area contributed by atoms with Crippen LogP contribution in [0.15, 0.2) is 58.2 Å². The molecule has 114 valence electrons. The van der Waals surface area contributed by atoms with Gasteiger partial charge in [-0.05, 0) is 36.0 Å². The second kappa shape index (κ2) is 5.24. The number of benzene rings is 2. The molecule has 0 saturated carbocycles. The lowest BCUT2D eigenvalue weighted by Crippen LogP contribution is -2.36. The molecule has 0 bridgehead atoms. The molecule has 0 N–H and O–H groups in total. The number of aromatic nitrogens is 1. The van der Waals surface area contributed by atoms with Crippen molar-refractivity contribution in [1.82, 2.24) is 4.98 Å². The van der Waals surface area contributed by atoms with Gasteiger partial charge in [0.1, 0.15) is 5.52 Å². The first-order valence-corrected chi connectivity index (χ1v) is 7.98. The van der Waals surface area contributed by atoms with Gasteiger partial charge >= 0.3 is 0 Å². The van der Waals surface area contributed by atoms with E-state index in [2.05, 4.69) is 4.98 Å². The van der Waals surface area contributed by atoms with Gasteiger partial charge in [0.25, 0.3) is 5.22 Å². The van der Waals surface area contributed by atoms with E-state index in [1.165, 1.54) is 11.8 Å². The third kappa shape index (κ3) is 2.22. The predicted molar refractivity (Wildman–Crippen MR) is 87.6 cm³/mol. The molecule has 1 atom stereocenters. The zero-order valence-corrected chi connectivity index (χ0v) is 13.0. The van der Waals surface area contributed by atoms with Crippen LogP contribution in [0.5, 0.6) is 0 Å². The van der Waals surface area contributed by atoms with E-state index >= 15 is 0 Å². The van der Waals surface area contributed by atoms with Crippen molar-refractivity contribution in [2.24, 2.45) is 0 Å². The molecule has 3 aromatic rings. The second-order valence-corrected chi connectivity index (χ2v) is 6.22. The smallest absolute Gasteiger partial charge is 0.259 e. The second-order valence-electron chi connectivity index (χ2n) is 5.19. The highest BCUT2D eigenvalue weighted by Crippen LogP contribution is 2.40. The fourth-order valence-corrected chi connectivity index (χ4v) is 3.79. The molecule has 2 aromatic carbocycles. The number of amides is 1. The molecular formula is C17H12N2O3S. The lowest BCUT2D eigenvalue weighted by atomic mass is 10.1. The van der Waals surface area contributed by atoms with Crippen LogP contribution in [0.4, 0.5) is 5.69 Å². The first-order chi connectivity index (χ1) is 11.1. The average Bonchev–Trinajstić information content (AvgIpc) is 3.07. The number of carbonyl (C=O) groups is 2. The Labute approximate surface area is 136 Å². The number of thioether (sulfide) groups is 1. The van der Waals surface area contributed by atoms with Crippen LogP contribution in [0, 0.1) is 0 Å². The SMILES string of the molecule is CC(=O)N1c2ccccc2C(=O)C1Sc1nc2ccccc2o1. The molecule has 2 heterocycles. The van der Waals surface area contributed by atoms with Crippen LogP contribution in [0.1, 0.15) is 17.3 Å². The van der Waals surface area contributed by atoms with Crippen LogP contribution in [0.25, 0.3) is 11.1 Å². The molecule has 5 nitrogen and oxygen atoms in total. The number of hydrogen-bond acceptors (Lipinski definition) is 5. The Bertz CT molecular complexity index is 901. The summed E-state index contributed by atoms with van der Waals surface area (Å²) in [4.78, 5) is 30.6. The third-order valence-electron chi connectivity index (χ3n) is 3.71. The van der Waals surface area contributed by atoms with Crippen LogP contribution >= 0.6 is 11.8 Å². The number of ketones is 1. The number of hydrogen-bond donors (Lipinski definition) is 0. The number of oxazole rings is 1.